The Kier molecular flexibility index (Phi) is 6.48. The van der Waals surface area contributed by atoms with E-state index in [1.807, 2.05) is 12.1 Å². The summed E-state index contributed by atoms with van der Waals surface area (Å²) in [4.78, 5) is 0. The van der Waals surface area contributed by atoms with E-state index in [4.69, 9.17) is 15.2 Å². The lowest BCUT2D eigenvalue weighted by molar-refractivity contribution is 0.299. The van der Waals surface area contributed by atoms with Crippen LogP contribution in [0.5, 0.6) is 11.5 Å². The number of methoxy groups -OCH3 is 1. The molecule has 1 atom stereocenters. The van der Waals surface area contributed by atoms with Gasteiger partial charge in [0, 0.05) is 0 Å². The van der Waals surface area contributed by atoms with Crippen molar-refractivity contribution < 1.29 is 9.47 Å². The van der Waals surface area contributed by atoms with Crippen molar-refractivity contribution in [2.75, 3.05) is 20.3 Å². The molecule has 2 aromatic rings. The number of ether oxygens (including phenoxy) is 2. The molecule has 3 nitrogen and oxygen atoms in total. The molecule has 0 aromatic heterocycles. The van der Waals surface area contributed by atoms with Gasteiger partial charge < -0.3 is 15.2 Å². The van der Waals surface area contributed by atoms with Gasteiger partial charge in [-0.15, -0.1) is 0 Å². The minimum atomic E-state index is 0.364. The van der Waals surface area contributed by atoms with Crippen molar-refractivity contribution in [1.82, 2.24) is 0 Å². The first kappa shape index (κ1) is 17.4. The Bertz CT molecular complexity index is 608. The summed E-state index contributed by atoms with van der Waals surface area (Å²) in [6, 6.07) is 14.5. The van der Waals surface area contributed by atoms with E-state index in [1.165, 1.54) is 16.7 Å². The highest BCUT2D eigenvalue weighted by Gasteiger charge is 2.10. The maximum absolute atomic E-state index is 5.94. The van der Waals surface area contributed by atoms with E-state index in [2.05, 4.69) is 44.2 Å². The molecule has 2 N–H and O–H groups in total. The summed E-state index contributed by atoms with van der Waals surface area (Å²) < 4.78 is 11.1. The van der Waals surface area contributed by atoms with Crippen LogP contribution in [0, 0.1) is 13.8 Å². The summed E-state index contributed by atoms with van der Waals surface area (Å²) in [7, 11) is 1.68. The zero-order chi connectivity index (χ0) is 16.7. The third-order valence-electron chi connectivity index (χ3n) is 4.17. The van der Waals surface area contributed by atoms with Crippen LogP contribution in [-0.2, 0) is 0 Å². The van der Waals surface area contributed by atoms with Crippen LogP contribution in [0.3, 0.4) is 0 Å². The molecular weight excluding hydrogens is 286 g/mol. The fraction of sp³-hybridized carbons (Fsp3) is 0.400. The molecule has 0 saturated heterocycles. The third kappa shape index (κ3) is 5.00. The van der Waals surface area contributed by atoms with E-state index in [0.29, 0.717) is 12.5 Å². The Morgan fingerprint density at radius 1 is 1.04 bits per heavy atom. The summed E-state index contributed by atoms with van der Waals surface area (Å²) >= 11 is 0. The number of hydrogen-bond acceptors (Lipinski definition) is 3. The first-order valence-electron chi connectivity index (χ1n) is 8.18. The van der Waals surface area contributed by atoms with Crippen molar-refractivity contribution >= 4 is 0 Å². The zero-order valence-corrected chi connectivity index (χ0v) is 14.3. The molecule has 0 aliphatic carbocycles. The number of aryl methyl sites for hydroxylation is 2. The van der Waals surface area contributed by atoms with Gasteiger partial charge in [-0.1, -0.05) is 24.3 Å². The number of benzene rings is 2. The van der Waals surface area contributed by atoms with E-state index in [-0.39, 0.29) is 0 Å². The first-order chi connectivity index (χ1) is 11.1. The minimum Gasteiger partial charge on any atom is -0.497 e. The standard InChI is InChI=1S/C20H27NO2/c1-15-6-7-16(2)20(13-15)23-12-4-5-18(14-21)17-8-10-19(22-3)11-9-17/h6-11,13,18H,4-5,12,14,21H2,1-3H3. The molecule has 0 radical (unpaired) electrons. The van der Waals surface area contributed by atoms with E-state index in [0.717, 1.165) is 30.9 Å². The lowest BCUT2D eigenvalue weighted by Crippen LogP contribution is -2.13. The molecule has 23 heavy (non-hydrogen) atoms. The Hall–Kier alpha value is -2.00. The number of rotatable bonds is 8. The molecule has 0 saturated carbocycles. The van der Waals surface area contributed by atoms with Crippen LogP contribution in [0.1, 0.15) is 35.4 Å². The normalized spacial score (nSPS) is 12.0. The van der Waals surface area contributed by atoms with Crippen molar-refractivity contribution in [3.8, 4) is 11.5 Å². The lowest BCUT2D eigenvalue weighted by atomic mass is 9.94. The molecule has 0 amide bonds. The predicted octanol–water partition coefficient (Wildman–Crippen LogP) is 4.21. The second kappa shape index (κ2) is 8.59. The van der Waals surface area contributed by atoms with Crippen molar-refractivity contribution in [3.63, 3.8) is 0 Å². The Morgan fingerprint density at radius 3 is 2.43 bits per heavy atom. The van der Waals surface area contributed by atoms with Crippen LogP contribution in [0.2, 0.25) is 0 Å². The molecule has 2 aromatic carbocycles. The van der Waals surface area contributed by atoms with E-state index in [9.17, 15) is 0 Å². The quantitative estimate of drug-likeness (QED) is 0.742. The van der Waals surface area contributed by atoms with Gasteiger partial charge in [-0.25, -0.2) is 0 Å². The SMILES string of the molecule is COc1ccc(C(CN)CCCOc2cc(C)ccc2C)cc1. The Labute approximate surface area is 139 Å². The van der Waals surface area contributed by atoms with Crippen molar-refractivity contribution in [1.29, 1.82) is 0 Å². The van der Waals surface area contributed by atoms with Gasteiger partial charge in [0.05, 0.1) is 13.7 Å². The molecule has 124 valence electrons. The third-order valence-corrected chi connectivity index (χ3v) is 4.17. The largest absolute Gasteiger partial charge is 0.497 e. The highest BCUT2D eigenvalue weighted by Crippen LogP contribution is 2.24. The molecule has 1 unspecified atom stereocenters. The molecule has 0 aliphatic rings. The zero-order valence-electron chi connectivity index (χ0n) is 14.3. The van der Waals surface area contributed by atoms with E-state index >= 15 is 0 Å². The highest BCUT2D eigenvalue weighted by atomic mass is 16.5. The van der Waals surface area contributed by atoms with Gasteiger partial charge >= 0.3 is 0 Å². The van der Waals surface area contributed by atoms with Crippen LogP contribution in [0.25, 0.3) is 0 Å². The van der Waals surface area contributed by atoms with Crippen LogP contribution in [-0.4, -0.2) is 20.3 Å². The second-order valence-electron chi connectivity index (χ2n) is 5.97. The second-order valence-corrected chi connectivity index (χ2v) is 5.97. The van der Waals surface area contributed by atoms with Gasteiger partial charge in [0.15, 0.2) is 0 Å². The van der Waals surface area contributed by atoms with Gasteiger partial charge in [-0.05, 0) is 74.0 Å². The minimum absolute atomic E-state index is 0.364. The van der Waals surface area contributed by atoms with E-state index in [1.54, 1.807) is 7.11 Å². The maximum Gasteiger partial charge on any atom is 0.122 e. The number of hydrogen-bond donors (Lipinski definition) is 1. The van der Waals surface area contributed by atoms with Crippen molar-refractivity contribution in [2.24, 2.45) is 5.73 Å². The molecule has 0 bridgehead atoms. The van der Waals surface area contributed by atoms with Crippen molar-refractivity contribution in [2.45, 2.75) is 32.6 Å². The van der Waals surface area contributed by atoms with Crippen LogP contribution in [0.4, 0.5) is 0 Å². The lowest BCUT2D eigenvalue weighted by Gasteiger charge is -2.16. The maximum atomic E-state index is 5.94. The molecule has 3 heteroatoms. The molecule has 0 spiro atoms. The summed E-state index contributed by atoms with van der Waals surface area (Å²) in [5, 5.41) is 0. The van der Waals surface area contributed by atoms with Gasteiger partial charge in [0.1, 0.15) is 11.5 Å². The van der Waals surface area contributed by atoms with Crippen LogP contribution >= 0.6 is 0 Å². The summed E-state index contributed by atoms with van der Waals surface area (Å²) in [6.45, 7) is 5.53. The number of nitrogens with two attached hydrogens (primary N) is 1. The fourth-order valence-electron chi connectivity index (χ4n) is 2.67. The average Bonchev–Trinajstić information content (AvgIpc) is 2.58. The Balaban J connectivity index is 1.84. The van der Waals surface area contributed by atoms with E-state index < -0.39 is 0 Å². The van der Waals surface area contributed by atoms with Crippen LogP contribution < -0.4 is 15.2 Å². The topological polar surface area (TPSA) is 44.5 Å². The smallest absolute Gasteiger partial charge is 0.122 e. The predicted molar refractivity (Wildman–Crippen MR) is 95.4 cm³/mol. The Morgan fingerprint density at radius 2 is 1.78 bits per heavy atom. The fourth-order valence-corrected chi connectivity index (χ4v) is 2.67. The summed E-state index contributed by atoms with van der Waals surface area (Å²) in [5.74, 6) is 2.23. The van der Waals surface area contributed by atoms with Gasteiger partial charge in [-0.3, -0.25) is 0 Å². The summed E-state index contributed by atoms with van der Waals surface area (Å²) in [6.07, 6.45) is 2.01. The average molecular weight is 313 g/mol. The first-order valence-corrected chi connectivity index (χ1v) is 8.18. The van der Waals surface area contributed by atoms with Crippen molar-refractivity contribution in [3.05, 3.63) is 59.2 Å². The van der Waals surface area contributed by atoms with Gasteiger partial charge in [0.25, 0.3) is 0 Å². The molecule has 0 fully saturated rings. The molecule has 2 rings (SSSR count). The summed E-state index contributed by atoms with van der Waals surface area (Å²) in [5.41, 5.74) is 9.61. The highest BCUT2D eigenvalue weighted by molar-refractivity contribution is 5.36. The molecular formula is C20H27NO2. The van der Waals surface area contributed by atoms with Crippen LogP contribution in [0.15, 0.2) is 42.5 Å². The molecule has 0 aliphatic heterocycles. The van der Waals surface area contributed by atoms with Gasteiger partial charge in [-0.2, -0.15) is 0 Å². The van der Waals surface area contributed by atoms with Gasteiger partial charge in [0.2, 0.25) is 0 Å². The molecule has 0 heterocycles. The monoisotopic (exact) mass is 313 g/mol.